The zero-order valence-electron chi connectivity index (χ0n) is 13.6. The number of benzene rings is 3. The number of nitrogens with one attached hydrogen (secondary N) is 1. The van der Waals surface area contributed by atoms with Gasteiger partial charge in [0, 0.05) is 22.0 Å². The summed E-state index contributed by atoms with van der Waals surface area (Å²) in [5, 5.41) is 3.45. The second kappa shape index (κ2) is 6.63. The molecule has 0 radical (unpaired) electrons. The number of esters is 1. The highest BCUT2D eigenvalue weighted by Gasteiger charge is 2.35. The molecule has 1 N–H and O–H groups in total. The van der Waals surface area contributed by atoms with Crippen LogP contribution in [0.25, 0.3) is 0 Å². The van der Waals surface area contributed by atoms with Crippen LogP contribution in [0.2, 0.25) is 5.02 Å². The molecular formula is C20H11ClF3NO2. The van der Waals surface area contributed by atoms with Gasteiger partial charge in [0.2, 0.25) is 11.6 Å². The highest BCUT2D eigenvalue weighted by Crippen LogP contribution is 2.45. The van der Waals surface area contributed by atoms with Gasteiger partial charge in [-0.05, 0) is 35.9 Å². The topological polar surface area (TPSA) is 38.3 Å². The van der Waals surface area contributed by atoms with Gasteiger partial charge >= 0.3 is 5.97 Å². The van der Waals surface area contributed by atoms with Crippen molar-refractivity contribution in [2.45, 2.75) is 5.92 Å². The largest absolute Gasteiger partial charge is 0.419 e. The summed E-state index contributed by atoms with van der Waals surface area (Å²) < 4.78 is 46.2. The number of carbonyl (C=O) groups is 1. The van der Waals surface area contributed by atoms with Crippen molar-refractivity contribution in [1.82, 2.24) is 0 Å². The summed E-state index contributed by atoms with van der Waals surface area (Å²) in [6.07, 6.45) is 0. The van der Waals surface area contributed by atoms with Crippen molar-refractivity contribution in [2.75, 3.05) is 5.32 Å². The van der Waals surface area contributed by atoms with E-state index in [2.05, 4.69) is 5.32 Å². The molecule has 136 valence electrons. The van der Waals surface area contributed by atoms with Gasteiger partial charge in [-0.15, -0.1) is 0 Å². The number of ether oxygens (including phenoxy) is 1. The lowest BCUT2D eigenvalue weighted by Gasteiger charge is -2.28. The predicted molar refractivity (Wildman–Crippen MR) is 95.0 cm³/mol. The molecule has 1 unspecified atom stereocenters. The second-order valence-electron chi connectivity index (χ2n) is 5.94. The maximum Gasteiger partial charge on any atom is 0.323 e. The molecule has 1 atom stereocenters. The molecule has 1 heterocycles. The van der Waals surface area contributed by atoms with Gasteiger partial charge < -0.3 is 10.1 Å². The highest BCUT2D eigenvalue weighted by molar-refractivity contribution is 6.32. The molecule has 0 saturated carbocycles. The molecule has 3 aromatic carbocycles. The molecular weight excluding hydrogens is 379 g/mol. The average Bonchev–Trinajstić information content (AvgIpc) is 2.66. The molecule has 0 fully saturated rings. The first-order chi connectivity index (χ1) is 13.0. The number of hydrogen-bond donors (Lipinski definition) is 1. The summed E-state index contributed by atoms with van der Waals surface area (Å²) in [7, 11) is 0. The molecule has 3 nitrogen and oxygen atoms in total. The zero-order chi connectivity index (χ0) is 19.1. The Morgan fingerprint density at radius 1 is 0.926 bits per heavy atom. The standard InChI is InChI=1S/C20H11ClF3NO2/c21-11-5-3-7-15-17(11)16(10-4-1-2-6-14(10)25-15)20(26)27-19-13(23)9-8-12(22)18(19)24/h1-9,16,25H. The third kappa shape index (κ3) is 2.92. The molecule has 0 amide bonds. The van der Waals surface area contributed by atoms with Gasteiger partial charge in [-0.3, -0.25) is 4.79 Å². The van der Waals surface area contributed by atoms with Crippen molar-refractivity contribution in [2.24, 2.45) is 0 Å². The van der Waals surface area contributed by atoms with E-state index in [1.165, 1.54) is 0 Å². The van der Waals surface area contributed by atoms with Gasteiger partial charge in [0.15, 0.2) is 11.6 Å². The van der Waals surface area contributed by atoms with Crippen molar-refractivity contribution in [3.8, 4) is 5.75 Å². The number of fused-ring (bicyclic) bond motifs is 2. The van der Waals surface area contributed by atoms with Crippen molar-refractivity contribution in [1.29, 1.82) is 0 Å². The number of para-hydroxylation sites is 1. The Morgan fingerprint density at radius 2 is 1.63 bits per heavy atom. The second-order valence-corrected chi connectivity index (χ2v) is 6.35. The van der Waals surface area contributed by atoms with Crippen molar-refractivity contribution in [3.63, 3.8) is 0 Å². The summed E-state index contributed by atoms with van der Waals surface area (Å²) in [6, 6.07) is 13.3. The third-order valence-electron chi connectivity index (χ3n) is 4.32. The summed E-state index contributed by atoms with van der Waals surface area (Å²) in [5.74, 6) is -7.14. The van der Waals surface area contributed by atoms with E-state index >= 15 is 0 Å². The fraction of sp³-hybridized carbons (Fsp3) is 0.0500. The number of anilines is 2. The first kappa shape index (κ1) is 17.4. The van der Waals surface area contributed by atoms with Crippen LogP contribution in [0, 0.1) is 17.5 Å². The minimum Gasteiger partial charge on any atom is -0.419 e. The van der Waals surface area contributed by atoms with Gasteiger partial charge in [-0.2, -0.15) is 4.39 Å². The summed E-state index contributed by atoms with van der Waals surface area (Å²) in [5.41, 5.74) is 2.15. The predicted octanol–water partition coefficient (Wildman–Crippen LogP) is 5.55. The van der Waals surface area contributed by atoms with Crippen molar-refractivity contribution in [3.05, 3.63) is 88.2 Å². The molecule has 7 heteroatoms. The normalized spacial score (nSPS) is 14.7. The number of hydrogen-bond acceptors (Lipinski definition) is 3. The van der Waals surface area contributed by atoms with Crippen LogP contribution in [0.4, 0.5) is 24.5 Å². The highest BCUT2D eigenvalue weighted by atomic mass is 35.5. The molecule has 4 rings (SSSR count). The van der Waals surface area contributed by atoms with Gasteiger partial charge in [-0.25, -0.2) is 8.78 Å². The van der Waals surface area contributed by atoms with Crippen LogP contribution in [0.15, 0.2) is 54.6 Å². The first-order valence-corrected chi connectivity index (χ1v) is 8.34. The van der Waals surface area contributed by atoms with Crippen LogP contribution < -0.4 is 10.1 Å². The molecule has 0 spiro atoms. The van der Waals surface area contributed by atoms with Crippen LogP contribution >= 0.6 is 11.6 Å². The molecule has 0 aliphatic carbocycles. The maximum atomic E-state index is 13.9. The minimum atomic E-state index is -1.56. The molecule has 1 aliphatic heterocycles. The van der Waals surface area contributed by atoms with Crippen LogP contribution in [0.3, 0.4) is 0 Å². The Labute approximate surface area is 157 Å². The quantitative estimate of drug-likeness (QED) is 0.354. The van der Waals surface area contributed by atoms with Gasteiger partial charge in [-0.1, -0.05) is 35.9 Å². The van der Waals surface area contributed by atoms with Crippen LogP contribution in [0.5, 0.6) is 5.75 Å². The molecule has 3 aromatic rings. The fourth-order valence-corrected chi connectivity index (χ4v) is 3.39. The van der Waals surface area contributed by atoms with E-state index < -0.39 is 35.1 Å². The van der Waals surface area contributed by atoms with E-state index in [1.54, 1.807) is 42.5 Å². The number of rotatable bonds is 2. The van der Waals surface area contributed by atoms with E-state index in [4.69, 9.17) is 16.3 Å². The lowest BCUT2D eigenvalue weighted by Crippen LogP contribution is -2.25. The SMILES string of the molecule is O=C(Oc1c(F)ccc(F)c1F)C1c2ccccc2Nc2cccc(Cl)c21. The van der Waals surface area contributed by atoms with Crippen molar-refractivity contribution < 1.29 is 22.7 Å². The van der Waals surface area contributed by atoms with E-state index in [1.807, 2.05) is 0 Å². The van der Waals surface area contributed by atoms with Gasteiger partial charge in [0.1, 0.15) is 5.92 Å². The number of halogens is 4. The van der Waals surface area contributed by atoms with E-state index in [-0.39, 0.29) is 5.02 Å². The van der Waals surface area contributed by atoms with Crippen LogP contribution in [-0.4, -0.2) is 5.97 Å². The smallest absolute Gasteiger partial charge is 0.323 e. The average molecular weight is 390 g/mol. The Kier molecular flexibility index (Phi) is 4.28. The Hall–Kier alpha value is -2.99. The summed E-state index contributed by atoms with van der Waals surface area (Å²) in [6.45, 7) is 0. The van der Waals surface area contributed by atoms with E-state index in [0.717, 1.165) is 0 Å². The Balaban J connectivity index is 1.82. The Morgan fingerprint density at radius 3 is 2.44 bits per heavy atom. The lowest BCUT2D eigenvalue weighted by atomic mass is 9.86. The summed E-state index contributed by atoms with van der Waals surface area (Å²) >= 11 is 6.28. The van der Waals surface area contributed by atoms with E-state index in [9.17, 15) is 18.0 Å². The lowest BCUT2D eigenvalue weighted by molar-refractivity contribution is -0.135. The van der Waals surface area contributed by atoms with Crippen LogP contribution in [-0.2, 0) is 4.79 Å². The van der Waals surface area contributed by atoms with Gasteiger partial charge in [0.05, 0.1) is 0 Å². The summed E-state index contributed by atoms with van der Waals surface area (Å²) in [4.78, 5) is 12.9. The Bertz CT molecular complexity index is 1070. The van der Waals surface area contributed by atoms with Gasteiger partial charge in [0.25, 0.3) is 0 Å². The van der Waals surface area contributed by atoms with Crippen molar-refractivity contribution >= 4 is 28.9 Å². The molecule has 0 aromatic heterocycles. The number of carbonyl (C=O) groups excluding carboxylic acids is 1. The van der Waals surface area contributed by atoms with E-state index in [0.29, 0.717) is 34.6 Å². The first-order valence-electron chi connectivity index (χ1n) is 7.97. The monoisotopic (exact) mass is 389 g/mol. The molecule has 1 aliphatic rings. The molecule has 0 saturated heterocycles. The third-order valence-corrected chi connectivity index (χ3v) is 4.65. The zero-order valence-corrected chi connectivity index (χ0v) is 14.4. The maximum absolute atomic E-state index is 13.9. The molecule has 27 heavy (non-hydrogen) atoms. The minimum absolute atomic E-state index is 0.289. The fourth-order valence-electron chi connectivity index (χ4n) is 3.11. The van der Waals surface area contributed by atoms with Crippen LogP contribution in [0.1, 0.15) is 17.0 Å². The molecule has 0 bridgehead atoms.